The summed E-state index contributed by atoms with van der Waals surface area (Å²) in [4.78, 5) is 23.0. The Labute approximate surface area is 223 Å². The van der Waals surface area contributed by atoms with Crippen molar-refractivity contribution in [2.45, 2.75) is 119 Å². The van der Waals surface area contributed by atoms with Crippen molar-refractivity contribution >= 4 is 17.6 Å². The van der Waals surface area contributed by atoms with Crippen molar-refractivity contribution in [3.63, 3.8) is 0 Å². The first kappa shape index (κ1) is 29.3. The summed E-state index contributed by atoms with van der Waals surface area (Å²) in [7, 11) is 0. The molecular formula is C30H47FN4O2. The van der Waals surface area contributed by atoms with Gasteiger partial charge in [0.2, 0.25) is 0 Å². The smallest absolute Gasteiger partial charge is 0.313 e. The molecule has 1 fully saturated rings. The van der Waals surface area contributed by atoms with Crippen LogP contribution in [-0.2, 0) is 16.0 Å². The summed E-state index contributed by atoms with van der Waals surface area (Å²) >= 11 is 0. The van der Waals surface area contributed by atoms with Crippen LogP contribution in [-0.4, -0.2) is 41.0 Å². The monoisotopic (exact) mass is 514 g/mol. The number of carbonyl (C=O) groups excluding carboxylic acids is 1. The average molecular weight is 515 g/mol. The molecule has 0 amide bonds. The number of anilines is 1. The molecule has 0 aromatic carbocycles. The summed E-state index contributed by atoms with van der Waals surface area (Å²) < 4.78 is 21.1. The SMILES string of the molecule is CC1=CC(Nc2nc(C[C@@]3(C(=O)OC(C)(C)C)CCN[C@H](C)C3)cc(C)c2F)=NC(CCC(C)(C)C)C1. The summed E-state index contributed by atoms with van der Waals surface area (Å²) in [6.07, 6.45) is 6.65. The molecule has 1 aromatic heterocycles. The second-order valence-corrected chi connectivity index (χ2v) is 13.4. The number of carbonyl (C=O) groups is 1. The van der Waals surface area contributed by atoms with Gasteiger partial charge in [-0.3, -0.25) is 9.79 Å². The third-order valence-electron chi connectivity index (χ3n) is 7.07. The first-order chi connectivity index (χ1) is 17.1. The minimum Gasteiger partial charge on any atom is -0.460 e. The first-order valence-corrected chi connectivity index (χ1v) is 13.7. The van der Waals surface area contributed by atoms with E-state index in [9.17, 15) is 4.79 Å². The van der Waals surface area contributed by atoms with Crippen LogP contribution in [0, 0.1) is 23.6 Å². The number of pyridine rings is 1. The largest absolute Gasteiger partial charge is 0.460 e. The van der Waals surface area contributed by atoms with E-state index in [1.807, 2.05) is 26.8 Å². The molecule has 0 aliphatic carbocycles. The molecule has 0 saturated carbocycles. The molecule has 206 valence electrons. The normalized spacial score (nSPS) is 24.8. The van der Waals surface area contributed by atoms with Gasteiger partial charge in [0.15, 0.2) is 11.6 Å². The summed E-state index contributed by atoms with van der Waals surface area (Å²) in [5.41, 5.74) is 1.36. The average Bonchev–Trinajstić information content (AvgIpc) is 2.74. The maximum Gasteiger partial charge on any atom is 0.313 e. The summed E-state index contributed by atoms with van der Waals surface area (Å²) in [5, 5.41) is 6.60. The number of aryl methyl sites for hydroxylation is 1. The van der Waals surface area contributed by atoms with Crippen molar-refractivity contribution < 1.29 is 13.9 Å². The lowest BCUT2D eigenvalue weighted by atomic mass is 9.72. The number of aliphatic imine (C=N–C) groups is 1. The molecular weight excluding hydrogens is 467 g/mol. The summed E-state index contributed by atoms with van der Waals surface area (Å²) in [6.45, 7) is 19.0. The Kier molecular flexibility index (Phi) is 8.88. The van der Waals surface area contributed by atoms with Crippen LogP contribution in [0.3, 0.4) is 0 Å². The van der Waals surface area contributed by atoms with Crippen LogP contribution in [0.15, 0.2) is 22.7 Å². The van der Waals surface area contributed by atoms with Crippen LogP contribution in [0.1, 0.15) is 98.8 Å². The topological polar surface area (TPSA) is 75.6 Å². The van der Waals surface area contributed by atoms with E-state index >= 15 is 4.39 Å². The van der Waals surface area contributed by atoms with Gasteiger partial charge in [-0.05, 0) is 103 Å². The standard InChI is InChI=1S/C30H47FN4O2/c1-19-14-22(10-11-28(4,5)6)33-24(15-19)35-26-25(31)20(2)16-23(34-26)18-30(12-13-32-21(3)17-30)27(36)37-29(7,8)9/h15-16,21-22,32H,10-14,17-18H2,1-9H3,(H,33,34,35)/t21-,22?,30-/m1/s1. The Morgan fingerprint density at radius 3 is 2.57 bits per heavy atom. The number of nitrogens with one attached hydrogen (secondary N) is 2. The lowest BCUT2D eigenvalue weighted by Gasteiger charge is -2.40. The van der Waals surface area contributed by atoms with Crippen LogP contribution in [0.2, 0.25) is 0 Å². The maximum atomic E-state index is 15.3. The molecule has 2 aliphatic rings. The van der Waals surface area contributed by atoms with Gasteiger partial charge in [-0.1, -0.05) is 26.3 Å². The van der Waals surface area contributed by atoms with E-state index in [0.29, 0.717) is 36.4 Å². The highest BCUT2D eigenvalue weighted by Crippen LogP contribution is 2.38. The number of hydrogen-bond donors (Lipinski definition) is 2. The molecule has 3 atom stereocenters. The Morgan fingerprint density at radius 1 is 1.24 bits per heavy atom. The van der Waals surface area contributed by atoms with Crippen LogP contribution in [0.25, 0.3) is 0 Å². The quantitative estimate of drug-likeness (QED) is 0.422. The fourth-order valence-electron chi connectivity index (χ4n) is 5.27. The number of esters is 1. The molecule has 1 unspecified atom stereocenters. The number of rotatable bonds is 6. The van der Waals surface area contributed by atoms with Crippen molar-refractivity contribution in [3.05, 3.63) is 34.8 Å². The van der Waals surface area contributed by atoms with E-state index < -0.39 is 11.0 Å². The number of amidine groups is 1. The maximum absolute atomic E-state index is 15.3. The molecule has 1 aromatic rings. The summed E-state index contributed by atoms with van der Waals surface area (Å²) in [6, 6.07) is 2.11. The third-order valence-corrected chi connectivity index (χ3v) is 7.07. The van der Waals surface area contributed by atoms with Gasteiger partial charge >= 0.3 is 5.97 Å². The van der Waals surface area contributed by atoms with Crippen molar-refractivity contribution in [1.82, 2.24) is 10.3 Å². The van der Waals surface area contributed by atoms with Gasteiger partial charge < -0.3 is 15.4 Å². The van der Waals surface area contributed by atoms with Crippen molar-refractivity contribution in [3.8, 4) is 0 Å². The number of aromatic nitrogens is 1. The minimum absolute atomic E-state index is 0.163. The van der Waals surface area contributed by atoms with Gasteiger partial charge in [-0.25, -0.2) is 9.37 Å². The Morgan fingerprint density at radius 2 is 1.95 bits per heavy atom. The molecule has 0 radical (unpaired) electrons. The second-order valence-electron chi connectivity index (χ2n) is 13.4. The van der Waals surface area contributed by atoms with E-state index in [2.05, 4.69) is 50.2 Å². The predicted molar refractivity (Wildman–Crippen MR) is 150 cm³/mol. The Hall–Kier alpha value is -2.28. The molecule has 1 saturated heterocycles. The molecule has 7 heteroatoms. The zero-order chi connectivity index (χ0) is 27.6. The van der Waals surface area contributed by atoms with Gasteiger partial charge in [0.25, 0.3) is 0 Å². The molecule has 6 nitrogen and oxygen atoms in total. The van der Waals surface area contributed by atoms with Crippen molar-refractivity contribution in [2.75, 3.05) is 11.9 Å². The second kappa shape index (κ2) is 11.2. The van der Waals surface area contributed by atoms with E-state index in [-0.39, 0.29) is 35.1 Å². The number of dihydropyridines is 1. The first-order valence-electron chi connectivity index (χ1n) is 13.7. The zero-order valence-electron chi connectivity index (χ0n) is 24.3. The van der Waals surface area contributed by atoms with Crippen LogP contribution in [0.5, 0.6) is 0 Å². The molecule has 0 spiro atoms. The predicted octanol–water partition coefficient (Wildman–Crippen LogP) is 6.53. The number of piperidine rings is 1. The van der Waals surface area contributed by atoms with Gasteiger partial charge in [0, 0.05) is 18.2 Å². The lowest BCUT2D eigenvalue weighted by Crippen LogP contribution is -2.50. The zero-order valence-corrected chi connectivity index (χ0v) is 24.3. The lowest BCUT2D eigenvalue weighted by molar-refractivity contribution is -0.170. The van der Waals surface area contributed by atoms with Crippen molar-refractivity contribution in [1.29, 1.82) is 0 Å². The Bertz CT molecular complexity index is 1050. The van der Waals surface area contributed by atoms with Gasteiger partial charge in [-0.15, -0.1) is 0 Å². The molecule has 37 heavy (non-hydrogen) atoms. The van der Waals surface area contributed by atoms with Gasteiger partial charge in [-0.2, -0.15) is 0 Å². The summed E-state index contributed by atoms with van der Waals surface area (Å²) in [5.74, 6) is 0.210. The highest BCUT2D eigenvalue weighted by atomic mass is 19.1. The van der Waals surface area contributed by atoms with E-state index in [4.69, 9.17) is 9.73 Å². The Balaban J connectivity index is 1.88. The molecule has 3 rings (SSSR count). The molecule has 2 N–H and O–H groups in total. The number of halogens is 1. The third kappa shape index (κ3) is 8.36. The fourth-order valence-corrected chi connectivity index (χ4v) is 5.27. The van der Waals surface area contributed by atoms with Crippen molar-refractivity contribution in [2.24, 2.45) is 15.8 Å². The van der Waals surface area contributed by atoms with E-state index in [1.165, 1.54) is 5.57 Å². The van der Waals surface area contributed by atoms with E-state index in [0.717, 1.165) is 25.8 Å². The number of hydrogen-bond acceptors (Lipinski definition) is 6. The van der Waals surface area contributed by atoms with E-state index in [1.54, 1.807) is 13.0 Å². The highest BCUT2D eigenvalue weighted by molar-refractivity contribution is 6.04. The number of nitrogens with zero attached hydrogens (tertiary/aromatic N) is 2. The van der Waals surface area contributed by atoms with Crippen LogP contribution < -0.4 is 10.6 Å². The molecule has 3 heterocycles. The van der Waals surface area contributed by atoms with Gasteiger partial charge in [0.1, 0.15) is 11.4 Å². The molecule has 0 bridgehead atoms. The highest BCUT2D eigenvalue weighted by Gasteiger charge is 2.45. The van der Waals surface area contributed by atoms with Crippen LogP contribution >= 0.6 is 0 Å². The fraction of sp³-hybridized carbons (Fsp3) is 0.700. The number of ether oxygens (including phenoxy) is 1. The van der Waals surface area contributed by atoms with Gasteiger partial charge in [0.05, 0.1) is 11.5 Å². The van der Waals surface area contributed by atoms with Crippen LogP contribution in [0.4, 0.5) is 10.2 Å². The minimum atomic E-state index is -0.705. The molecule has 2 aliphatic heterocycles.